The van der Waals surface area contributed by atoms with Crippen LogP contribution >= 0.6 is 0 Å². The van der Waals surface area contributed by atoms with Gasteiger partial charge in [-0.2, -0.15) is 20.8 Å². The fraction of sp³-hybridized carbons (Fsp3) is 0.600. The minimum absolute atomic E-state index is 0. The Balaban J connectivity index is -0.0000000450. The van der Waals surface area contributed by atoms with Crippen molar-refractivity contribution < 1.29 is 19.5 Å². The zero-order valence-electron chi connectivity index (χ0n) is 4.83. The molecule has 0 rings (SSSR count). The second-order valence-electron chi connectivity index (χ2n) is 1.50. The van der Waals surface area contributed by atoms with Crippen molar-refractivity contribution in [2.75, 3.05) is 0 Å². The molecule has 0 bridgehead atoms. The zero-order chi connectivity index (χ0) is 3.58. The molecule has 0 fully saturated rings. The van der Waals surface area contributed by atoms with Gasteiger partial charge >= 0.3 is 19.5 Å². The quantitative estimate of drug-likeness (QED) is 0.390. The molecule has 6 heavy (non-hydrogen) atoms. The first-order valence-electron chi connectivity index (χ1n) is 1.50. The zero-order valence-corrected chi connectivity index (χ0v) is 6.47. The van der Waals surface area contributed by atoms with Gasteiger partial charge in [-0.1, -0.05) is 0 Å². The summed E-state index contributed by atoms with van der Waals surface area (Å²) < 4.78 is 0. The maximum atomic E-state index is 2.08. The van der Waals surface area contributed by atoms with Gasteiger partial charge in [-0.25, -0.2) is 0 Å². The van der Waals surface area contributed by atoms with Gasteiger partial charge < -0.3 is 13.3 Å². The van der Waals surface area contributed by atoms with Gasteiger partial charge in [-0.15, -0.1) is 0 Å². The van der Waals surface area contributed by atoms with Gasteiger partial charge in [0.15, 0.2) is 0 Å². The third kappa shape index (κ3) is 156. The molecule has 0 aromatic heterocycles. The van der Waals surface area contributed by atoms with Crippen molar-refractivity contribution in [2.24, 2.45) is 0 Å². The van der Waals surface area contributed by atoms with E-state index in [2.05, 4.69) is 20.8 Å². The Morgan fingerprint density at radius 1 is 1.00 bits per heavy atom. The Labute approximate surface area is 54.1 Å². The van der Waals surface area contributed by atoms with Crippen LogP contribution in [0.15, 0.2) is 0 Å². The third-order valence-electron chi connectivity index (χ3n) is 0. The summed E-state index contributed by atoms with van der Waals surface area (Å²) in [5.74, 6) is 1.42. The molecule has 0 aliphatic carbocycles. The predicted octanol–water partition coefficient (Wildman–Crippen LogP) is 2.07. The molecule has 0 aliphatic rings. The molecule has 0 N–H and O–H groups in total. The second kappa shape index (κ2) is 9.16. The van der Waals surface area contributed by atoms with Gasteiger partial charge in [0.05, 0.1) is 0 Å². The molecule has 0 nitrogen and oxygen atoms in total. The largest absolute Gasteiger partial charge is 2.00 e. The van der Waals surface area contributed by atoms with Crippen LogP contribution in [0.1, 0.15) is 20.8 Å². The minimum atomic E-state index is 0. The summed E-state index contributed by atoms with van der Waals surface area (Å²) in [7, 11) is 0. The van der Waals surface area contributed by atoms with Gasteiger partial charge in [-0.05, 0) is 0 Å². The molecule has 1 heteroatoms. The van der Waals surface area contributed by atoms with E-state index in [9.17, 15) is 0 Å². The van der Waals surface area contributed by atoms with Crippen molar-refractivity contribution in [2.45, 2.75) is 20.8 Å². The Morgan fingerprint density at radius 3 is 1.00 bits per heavy atom. The molecular formula is C5H12Rh. The Bertz CT molecular complexity index is 8.66. The van der Waals surface area contributed by atoms with E-state index in [1.54, 1.807) is 0 Å². The summed E-state index contributed by atoms with van der Waals surface area (Å²) in [4.78, 5) is 0. The van der Waals surface area contributed by atoms with Crippen LogP contribution in [0.25, 0.3) is 0 Å². The van der Waals surface area contributed by atoms with Crippen LogP contribution < -0.4 is 0 Å². The Kier molecular flexibility index (Phi) is 24.3. The standard InChI is InChI=1S/C4H9.CH3.Rh/c1-4(2)3;;/h1-3H3;1H3;/q2*-1;+2. The SMILES string of the molecule is C[C-](C)C.[CH3-].[Rh+2]. The summed E-state index contributed by atoms with van der Waals surface area (Å²) in [6.07, 6.45) is 0. The molecule has 0 spiro atoms. The topological polar surface area (TPSA) is 0 Å². The van der Waals surface area contributed by atoms with Gasteiger partial charge in [0.25, 0.3) is 0 Å². The monoisotopic (exact) mass is 175 g/mol. The molecule has 0 heterocycles. The second-order valence-corrected chi connectivity index (χ2v) is 1.50. The normalized spacial score (nSPS) is 6.00. The van der Waals surface area contributed by atoms with Crippen LogP contribution in [0.5, 0.6) is 0 Å². The molecule has 0 atom stereocenters. The summed E-state index contributed by atoms with van der Waals surface area (Å²) in [6, 6.07) is 0. The number of rotatable bonds is 0. The molecule has 41 valence electrons. The fourth-order valence-corrected chi connectivity index (χ4v) is 0. The maximum absolute atomic E-state index is 2.08. The number of hydrogen-bond donors (Lipinski definition) is 0. The Hall–Kier alpha value is 0.623. The molecule has 0 aromatic carbocycles. The van der Waals surface area contributed by atoms with Crippen molar-refractivity contribution in [1.82, 2.24) is 0 Å². The van der Waals surface area contributed by atoms with Crippen LogP contribution in [0.4, 0.5) is 0 Å². The minimum Gasteiger partial charge on any atom is -0.358 e. The first-order chi connectivity index (χ1) is 1.73. The average molecular weight is 175 g/mol. The average Bonchev–Trinajstić information content (AvgIpc) is 0.811. The molecule has 1 radical (unpaired) electrons. The van der Waals surface area contributed by atoms with E-state index in [1.165, 1.54) is 5.92 Å². The summed E-state index contributed by atoms with van der Waals surface area (Å²) in [5.41, 5.74) is 0. The van der Waals surface area contributed by atoms with E-state index in [-0.39, 0.29) is 26.9 Å². The first-order valence-corrected chi connectivity index (χ1v) is 1.50. The van der Waals surface area contributed by atoms with Crippen molar-refractivity contribution in [3.05, 3.63) is 13.3 Å². The van der Waals surface area contributed by atoms with Crippen molar-refractivity contribution in [3.8, 4) is 0 Å². The predicted molar refractivity (Wildman–Crippen MR) is 26.7 cm³/mol. The fourth-order valence-electron chi connectivity index (χ4n) is 0. The summed E-state index contributed by atoms with van der Waals surface area (Å²) in [6.45, 7) is 6.25. The molecule has 0 saturated carbocycles. The van der Waals surface area contributed by atoms with Gasteiger partial charge in [0.2, 0.25) is 0 Å². The van der Waals surface area contributed by atoms with Gasteiger partial charge in [-0.3, -0.25) is 0 Å². The van der Waals surface area contributed by atoms with Crippen molar-refractivity contribution in [3.63, 3.8) is 0 Å². The molecule has 0 amide bonds. The van der Waals surface area contributed by atoms with Crippen LogP contribution in [-0.2, 0) is 19.5 Å². The molecule has 0 aromatic rings. The van der Waals surface area contributed by atoms with E-state index in [1.807, 2.05) is 0 Å². The van der Waals surface area contributed by atoms with E-state index >= 15 is 0 Å². The smallest absolute Gasteiger partial charge is 0.358 e. The summed E-state index contributed by atoms with van der Waals surface area (Å²) in [5, 5.41) is 0. The van der Waals surface area contributed by atoms with E-state index in [0.29, 0.717) is 0 Å². The van der Waals surface area contributed by atoms with Gasteiger partial charge in [0.1, 0.15) is 0 Å². The van der Waals surface area contributed by atoms with Crippen LogP contribution in [0, 0.1) is 13.3 Å². The van der Waals surface area contributed by atoms with Crippen LogP contribution in [0.3, 0.4) is 0 Å². The van der Waals surface area contributed by atoms with E-state index < -0.39 is 0 Å². The summed E-state index contributed by atoms with van der Waals surface area (Å²) >= 11 is 0. The number of hydrogen-bond acceptors (Lipinski definition) is 0. The van der Waals surface area contributed by atoms with Crippen molar-refractivity contribution >= 4 is 0 Å². The Morgan fingerprint density at radius 2 is 1.00 bits per heavy atom. The first kappa shape index (κ1) is 16.0. The van der Waals surface area contributed by atoms with E-state index in [0.717, 1.165) is 0 Å². The maximum Gasteiger partial charge on any atom is 2.00 e. The van der Waals surface area contributed by atoms with Crippen molar-refractivity contribution in [1.29, 1.82) is 0 Å². The molecule has 0 saturated heterocycles. The molecule has 0 unspecified atom stereocenters. The van der Waals surface area contributed by atoms with Crippen LogP contribution in [-0.4, -0.2) is 0 Å². The molecular weight excluding hydrogens is 163 g/mol. The van der Waals surface area contributed by atoms with Crippen LogP contribution in [0.2, 0.25) is 0 Å². The van der Waals surface area contributed by atoms with E-state index in [4.69, 9.17) is 0 Å². The third-order valence-corrected chi connectivity index (χ3v) is 0. The van der Waals surface area contributed by atoms with Gasteiger partial charge in [0, 0.05) is 0 Å². The molecule has 0 aliphatic heterocycles.